The van der Waals surface area contributed by atoms with Crippen LogP contribution in [0.25, 0.3) is 0 Å². The molecule has 0 radical (unpaired) electrons. The Kier molecular flexibility index (Phi) is 3.62. The quantitative estimate of drug-likeness (QED) is 0.920. The molecule has 0 saturated carbocycles. The van der Waals surface area contributed by atoms with E-state index >= 15 is 0 Å². The third-order valence-electron chi connectivity index (χ3n) is 2.52. The highest BCUT2D eigenvalue weighted by molar-refractivity contribution is 7.90. The van der Waals surface area contributed by atoms with Crippen molar-refractivity contribution < 1.29 is 18.3 Å². The molecule has 1 aromatic carbocycles. The van der Waals surface area contributed by atoms with Crippen molar-refractivity contribution in [1.82, 2.24) is 4.98 Å². The Balaban J connectivity index is 2.35. The van der Waals surface area contributed by atoms with Crippen molar-refractivity contribution in [3.05, 3.63) is 59.9 Å². The molecular weight excluding hydrogens is 266 g/mol. The molecular formula is C13H11NO4S. The number of pyridine rings is 1. The lowest BCUT2D eigenvalue weighted by Gasteiger charge is -2.05. The zero-order chi connectivity index (χ0) is 13.9. The van der Waals surface area contributed by atoms with Crippen LogP contribution in [0.4, 0.5) is 0 Å². The summed E-state index contributed by atoms with van der Waals surface area (Å²) in [6.07, 6.45) is 3.03. The maximum Gasteiger partial charge on any atom is 0.335 e. The lowest BCUT2D eigenvalue weighted by atomic mass is 10.2. The van der Waals surface area contributed by atoms with Crippen LogP contribution in [0.3, 0.4) is 0 Å². The van der Waals surface area contributed by atoms with Crippen LogP contribution in [-0.2, 0) is 15.6 Å². The Morgan fingerprint density at radius 3 is 2.63 bits per heavy atom. The smallest absolute Gasteiger partial charge is 0.335 e. The van der Waals surface area contributed by atoms with Gasteiger partial charge in [-0.1, -0.05) is 12.1 Å². The number of sulfone groups is 1. The van der Waals surface area contributed by atoms with Gasteiger partial charge in [-0.3, -0.25) is 4.98 Å². The number of aromatic carboxylic acids is 1. The van der Waals surface area contributed by atoms with Gasteiger partial charge in [0.25, 0.3) is 0 Å². The minimum atomic E-state index is -3.57. The predicted molar refractivity (Wildman–Crippen MR) is 68.5 cm³/mol. The largest absolute Gasteiger partial charge is 0.478 e. The van der Waals surface area contributed by atoms with Crippen molar-refractivity contribution in [3.63, 3.8) is 0 Å². The summed E-state index contributed by atoms with van der Waals surface area (Å²) in [5, 5.41) is 8.86. The van der Waals surface area contributed by atoms with Gasteiger partial charge in [-0.25, -0.2) is 13.2 Å². The molecule has 2 rings (SSSR count). The van der Waals surface area contributed by atoms with Crippen LogP contribution in [-0.4, -0.2) is 24.5 Å². The van der Waals surface area contributed by atoms with Gasteiger partial charge in [-0.2, -0.15) is 0 Å². The van der Waals surface area contributed by atoms with Crippen LogP contribution in [0.15, 0.2) is 53.7 Å². The molecule has 0 atom stereocenters. The Morgan fingerprint density at radius 2 is 2.00 bits per heavy atom. The van der Waals surface area contributed by atoms with Gasteiger partial charge in [0.2, 0.25) is 0 Å². The molecule has 6 heteroatoms. The summed E-state index contributed by atoms with van der Waals surface area (Å²) in [5.41, 5.74) is 0.510. The normalized spacial score (nSPS) is 11.2. The fraction of sp³-hybridized carbons (Fsp3) is 0.0769. The molecule has 0 aliphatic rings. The van der Waals surface area contributed by atoms with E-state index in [4.69, 9.17) is 5.11 Å². The number of hydrogen-bond acceptors (Lipinski definition) is 4. The molecule has 0 unspecified atom stereocenters. The van der Waals surface area contributed by atoms with Gasteiger partial charge < -0.3 is 5.11 Å². The summed E-state index contributed by atoms with van der Waals surface area (Å²) in [6.45, 7) is 0. The molecule has 19 heavy (non-hydrogen) atoms. The van der Waals surface area contributed by atoms with Crippen molar-refractivity contribution in [1.29, 1.82) is 0 Å². The number of hydrogen-bond donors (Lipinski definition) is 1. The molecule has 0 aliphatic carbocycles. The van der Waals surface area contributed by atoms with E-state index < -0.39 is 15.8 Å². The van der Waals surface area contributed by atoms with Crippen molar-refractivity contribution in [3.8, 4) is 0 Å². The van der Waals surface area contributed by atoms with E-state index in [0.717, 1.165) is 6.07 Å². The molecule has 0 fully saturated rings. The summed E-state index contributed by atoms with van der Waals surface area (Å²) in [4.78, 5) is 14.7. The summed E-state index contributed by atoms with van der Waals surface area (Å²) in [5.74, 6) is -1.36. The highest BCUT2D eigenvalue weighted by Crippen LogP contribution is 2.17. The standard InChI is InChI=1S/C13H11NO4S/c15-13(16)11-4-1-5-12(7-11)19(17,18)9-10-3-2-6-14-8-10/h1-8H,9H2,(H,15,16). The number of carboxylic acids is 1. The molecule has 0 saturated heterocycles. The average molecular weight is 277 g/mol. The zero-order valence-corrected chi connectivity index (χ0v) is 10.7. The third-order valence-corrected chi connectivity index (χ3v) is 4.21. The minimum Gasteiger partial charge on any atom is -0.478 e. The second kappa shape index (κ2) is 5.19. The Hall–Kier alpha value is -2.21. The topological polar surface area (TPSA) is 84.3 Å². The number of carboxylic acid groups (broad SMARTS) is 1. The molecule has 0 aliphatic heterocycles. The Morgan fingerprint density at radius 1 is 1.21 bits per heavy atom. The van der Waals surface area contributed by atoms with Gasteiger partial charge in [0, 0.05) is 12.4 Å². The van der Waals surface area contributed by atoms with E-state index in [1.54, 1.807) is 18.3 Å². The Labute approximate surface area is 110 Å². The monoisotopic (exact) mass is 277 g/mol. The van der Waals surface area contributed by atoms with Crippen molar-refractivity contribution in [2.75, 3.05) is 0 Å². The maximum absolute atomic E-state index is 12.2. The summed E-state index contributed by atoms with van der Waals surface area (Å²) < 4.78 is 24.3. The fourth-order valence-corrected chi connectivity index (χ4v) is 2.98. The maximum atomic E-state index is 12.2. The van der Waals surface area contributed by atoms with E-state index in [1.165, 1.54) is 24.4 Å². The number of benzene rings is 1. The molecule has 0 spiro atoms. The SMILES string of the molecule is O=C(O)c1cccc(S(=O)(=O)Cc2cccnc2)c1. The van der Waals surface area contributed by atoms with Crippen molar-refractivity contribution in [2.45, 2.75) is 10.6 Å². The van der Waals surface area contributed by atoms with Crippen LogP contribution >= 0.6 is 0 Å². The third kappa shape index (κ3) is 3.17. The zero-order valence-electron chi connectivity index (χ0n) is 9.85. The first-order valence-electron chi connectivity index (χ1n) is 5.44. The second-order valence-electron chi connectivity index (χ2n) is 3.95. The number of nitrogens with zero attached hydrogens (tertiary/aromatic N) is 1. The molecule has 5 nitrogen and oxygen atoms in total. The lowest BCUT2D eigenvalue weighted by molar-refractivity contribution is 0.0696. The van der Waals surface area contributed by atoms with Crippen LogP contribution in [0.1, 0.15) is 15.9 Å². The second-order valence-corrected chi connectivity index (χ2v) is 5.94. The van der Waals surface area contributed by atoms with Crippen molar-refractivity contribution >= 4 is 15.8 Å². The molecule has 1 N–H and O–H groups in total. The number of carbonyl (C=O) groups is 1. The van der Waals surface area contributed by atoms with E-state index in [0.29, 0.717) is 5.56 Å². The lowest BCUT2D eigenvalue weighted by Crippen LogP contribution is -2.07. The fourth-order valence-electron chi connectivity index (χ4n) is 1.61. The predicted octanol–water partition coefficient (Wildman–Crippen LogP) is 1.75. The summed E-state index contributed by atoms with van der Waals surface area (Å²) in [7, 11) is -3.57. The van der Waals surface area contributed by atoms with Gasteiger partial charge in [-0.05, 0) is 29.8 Å². The molecule has 0 bridgehead atoms. The van der Waals surface area contributed by atoms with Crippen LogP contribution in [0, 0.1) is 0 Å². The highest BCUT2D eigenvalue weighted by Gasteiger charge is 2.17. The molecule has 1 aromatic heterocycles. The van der Waals surface area contributed by atoms with E-state index in [2.05, 4.69) is 4.98 Å². The first kappa shape index (κ1) is 13.2. The van der Waals surface area contributed by atoms with Crippen LogP contribution in [0.5, 0.6) is 0 Å². The van der Waals surface area contributed by atoms with Crippen molar-refractivity contribution in [2.24, 2.45) is 0 Å². The average Bonchev–Trinajstić information content (AvgIpc) is 2.39. The number of aromatic nitrogens is 1. The summed E-state index contributed by atoms with van der Waals surface area (Å²) in [6, 6.07) is 8.63. The number of rotatable bonds is 4. The van der Waals surface area contributed by atoms with Gasteiger partial charge >= 0.3 is 5.97 Å². The summed E-state index contributed by atoms with van der Waals surface area (Å²) >= 11 is 0. The van der Waals surface area contributed by atoms with Gasteiger partial charge in [0.05, 0.1) is 16.2 Å². The van der Waals surface area contributed by atoms with Crippen LogP contribution < -0.4 is 0 Å². The molecule has 2 aromatic rings. The van der Waals surface area contributed by atoms with E-state index in [-0.39, 0.29) is 16.2 Å². The first-order valence-corrected chi connectivity index (χ1v) is 7.09. The minimum absolute atomic E-state index is 0.00347. The van der Waals surface area contributed by atoms with Crippen LogP contribution in [0.2, 0.25) is 0 Å². The van der Waals surface area contributed by atoms with Gasteiger partial charge in [0.15, 0.2) is 9.84 Å². The molecule has 98 valence electrons. The van der Waals surface area contributed by atoms with Gasteiger partial charge in [-0.15, -0.1) is 0 Å². The first-order chi connectivity index (χ1) is 8.99. The molecule has 0 amide bonds. The van der Waals surface area contributed by atoms with E-state index in [1.807, 2.05) is 0 Å². The molecule has 1 heterocycles. The highest BCUT2D eigenvalue weighted by atomic mass is 32.2. The Bertz CT molecular complexity index is 696. The van der Waals surface area contributed by atoms with E-state index in [9.17, 15) is 13.2 Å². The van der Waals surface area contributed by atoms with Gasteiger partial charge in [0.1, 0.15) is 0 Å².